The van der Waals surface area contributed by atoms with E-state index in [2.05, 4.69) is 11.9 Å². The molecule has 0 atom stereocenters. The van der Waals surface area contributed by atoms with Crippen molar-refractivity contribution in [2.45, 2.75) is 57.8 Å². The minimum absolute atomic E-state index is 0.824. The summed E-state index contributed by atoms with van der Waals surface area (Å²) in [5, 5.41) is 0. The molecule has 0 aromatic carbocycles. The molecule has 0 unspecified atom stereocenters. The molecule has 2 saturated carbocycles. The fraction of sp³-hybridized carbons (Fsp3) is 1.00. The van der Waals surface area contributed by atoms with Crippen LogP contribution in [0.1, 0.15) is 57.8 Å². The monoisotopic (exact) mass is 252 g/mol. The number of hydrogen-bond acceptors (Lipinski definition) is 2. The van der Waals surface area contributed by atoms with Crippen LogP contribution in [0.15, 0.2) is 0 Å². The summed E-state index contributed by atoms with van der Waals surface area (Å²) < 4.78 is 0. The van der Waals surface area contributed by atoms with Crippen molar-refractivity contribution in [1.82, 2.24) is 4.90 Å². The molecular weight excluding hydrogens is 220 g/mol. The Kier molecular flexibility index (Phi) is 5.97. The Hall–Kier alpha value is -0.0800. The van der Waals surface area contributed by atoms with Crippen molar-refractivity contribution in [2.24, 2.45) is 23.5 Å². The van der Waals surface area contributed by atoms with Crippen LogP contribution in [-0.2, 0) is 0 Å². The molecule has 0 amide bonds. The van der Waals surface area contributed by atoms with Gasteiger partial charge >= 0.3 is 0 Å². The van der Waals surface area contributed by atoms with E-state index in [1.54, 1.807) is 0 Å². The zero-order chi connectivity index (χ0) is 12.8. The average molecular weight is 252 g/mol. The normalized spacial score (nSPS) is 30.8. The molecule has 0 aromatic rings. The quantitative estimate of drug-likeness (QED) is 0.814. The van der Waals surface area contributed by atoms with E-state index in [1.165, 1.54) is 70.9 Å². The van der Waals surface area contributed by atoms with Gasteiger partial charge in [0.1, 0.15) is 0 Å². The molecule has 0 aromatic heterocycles. The summed E-state index contributed by atoms with van der Waals surface area (Å²) in [5.41, 5.74) is 5.76. The molecule has 0 saturated heterocycles. The van der Waals surface area contributed by atoms with Crippen LogP contribution >= 0.6 is 0 Å². The predicted octanol–water partition coefficient (Wildman–Crippen LogP) is 3.26. The van der Waals surface area contributed by atoms with Crippen molar-refractivity contribution in [2.75, 3.05) is 26.7 Å². The number of rotatable bonds is 5. The van der Waals surface area contributed by atoms with E-state index in [-0.39, 0.29) is 0 Å². The van der Waals surface area contributed by atoms with Gasteiger partial charge in [-0.05, 0) is 69.9 Å². The Balaban J connectivity index is 1.63. The molecule has 2 aliphatic rings. The third kappa shape index (κ3) is 4.55. The highest BCUT2D eigenvalue weighted by atomic mass is 15.1. The van der Waals surface area contributed by atoms with Gasteiger partial charge in [0, 0.05) is 13.1 Å². The maximum Gasteiger partial charge on any atom is 0.000673 e. The summed E-state index contributed by atoms with van der Waals surface area (Å²) in [6, 6.07) is 0. The van der Waals surface area contributed by atoms with Crippen molar-refractivity contribution in [1.29, 1.82) is 0 Å². The van der Waals surface area contributed by atoms with Crippen molar-refractivity contribution >= 4 is 0 Å². The molecule has 0 radical (unpaired) electrons. The van der Waals surface area contributed by atoms with Crippen LogP contribution in [0.25, 0.3) is 0 Å². The fourth-order valence-corrected chi connectivity index (χ4v) is 3.98. The second kappa shape index (κ2) is 7.49. The first-order valence-electron chi connectivity index (χ1n) is 8.16. The first kappa shape index (κ1) is 14.3. The first-order chi connectivity index (χ1) is 8.78. The summed E-state index contributed by atoms with van der Waals surface area (Å²) in [7, 11) is 2.34. The van der Waals surface area contributed by atoms with Crippen molar-refractivity contribution < 1.29 is 0 Å². The van der Waals surface area contributed by atoms with Gasteiger partial charge < -0.3 is 10.6 Å². The third-order valence-corrected chi connectivity index (χ3v) is 5.16. The number of nitrogens with zero attached hydrogens (tertiary/aromatic N) is 1. The van der Waals surface area contributed by atoms with E-state index in [0.29, 0.717) is 0 Å². The molecule has 2 heteroatoms. The summed E-state index contributed by atoms with van der Waals surface area (Å²) in [6.45, 7) is 3.58. The van der Waals surface area contributed by atoms with Crippen molar-refractivity contribution in [3.05, 3.63) is 0 Å². The van der Waals surface area contributed by atoms with Crippen LogP contribution in [-0.4, -0.2) is 31.6 Å². The van der Waals surface area contributed by atoms with E-state index < -0.39 is 0 Å². The molecule has 106 valence electrons. The number of nitrogens with two attached hydrogens (primary N) is 1. The predicted molar refractivity (Wildman–Crippen MR) is 78.6 cm³/mol. The van der Waals surface area contributed by atoms with Gasteiger partial charge in [-0.2, -0.15) is 0 Å². The minimum atomic E-state index is 0.824. The van der Waals surface area contributed by atoms with Gasteiger partial charge in [-0.3, -0.25) is 0 Å². The molecule has 0 bridgehead atoms. The maximum atomic E-state index is 5.76. The molecular formula is C16H32N2. The zero-order valence-electron chi connectivity index (χ0n) is 12.2. The van der Waals surface area contributed by atoms with E-state index in [9.17, 15) is 0 Å². The highest BCUT2D eigenvalue weighted by Gasteiger charge is 2.22. The van der Waals surface area contributed by atoms with Crippen LogP contribution in [0.3, 0.4) is 0 Å². The summed E-state index contributed by atoms with van der Waals surface area (Å²) in [4.78, 5) is 2.61. The molecule has 2 nitrogen and oxygen atoms in total. The SMILES string of the molecule is CN(CC1CCCCC1)CC1CCC(CN)CC1. The minimum Gasteiger partial charge on any atom is -0.330 e. The van der Waals surface area contributed by atoms with Crippen LogP contribution in [0.4, 0.5) is 0 Å². The highest BCUT2D eigenvalue weighted by molar-refractivity contribution is 4.76. The van der Waals surface area contributed by atoms with Gasteiger partial charge in [0.15, 0.2) is 0 Å². The Morgan fingerprint density at radius 1 is 0.778 bits per heavy atom. The molecule has 2 fully saturated rings. The van der Waals surface area contributed by atoms with Gasteiger partial charge in [-0.25, -0.2) is 0 Å². The van der Waals surface area contributed by atoms with Crippen LogP contribution < -0.4 is 5.73 Å². The Morgan fingerprint density at radius 2 is 1.28 bits per heavy atom. The van der Waals surface area contributed by atoms with Gasteiger partial charge in [0.2, 0.25) is 0 Å². The van der Waals surface area contributed by atoms with Gasteiger partial charge in [-0.15, -0.1) is 0 Å². The molecule has 0 aliphatic heterocycles. The summed E-state index contributed by atoms with van der Waals surface area (Å²) in [5.74, 6) is 2.76. The Morgan fingerprint density at radius 3 is 1.83 bits per heavy atom. The van der Waals surface area contributed by atoms with E-state index >= 15 is 0 Å². The zero-order valence-corrected chi connectivity index (χ0v) is 12.2. The van der Waals surface area contributed by atoms with Gasteiger partial charge in [0.05, 0.1) is 0 Å². The lowest BCUT2D eigenvalue weighted by atomic mass is 9.81. The lowest BCUT2D eigenvalue weighted by Gasteiger charge is -2.33. The third-order valence-electron chi connectivity index (χ3n) is 5.16. The summed E-state index contributed by atoms with van der Waals surface area (Å²) >= 11 is 0. The molecule has 0 spiro atoms. The molecule has 2 rings (SSSR count). The van der Waals surface area contributed by atoms with Crippen molar-refractivity contribution in [3.63, 3.8) is 0 Å². The van der Waals surface area contributed by atoms with Gasteiger partial charge in [0.25, 0.3) is 0 Å². The Bertz CT molecular complexity index is 215. The summed E-state index contributed by atoms with van der Waals surface area (Å²) in [6.07, 6.45) is 12.9. The van der Waals surface area contributed by atoms with Crippen LogP contribution in [0.5, 0.6) is 0 Å². The van der Waals surface area contributed by atoms with E-state index in [0.717, 1.165) is 24.3 Å². The largest absolute Gasteiger partial charge is 0.330 e. The maximum absolute atomic E-state index is 5.76. The molecule has 2 aliphatic carbocycles. The first-order valence-corrected chi connectivity index (χ1v) is 8.16. The topological polar surface area (TPSA) is 29.3 Å². The average Bonchev–Trinajstić information content (AvgIpc) is 2.40. The lowest BCUT2D eigenvalue weighted by Crippen LogP contribution is -2.33. The molecule has 0 heterocycles. The van der Waals surface area contributed by atoms with Crippen LogP contribution in [0.2, 0.25) is 0 Å². The van der Waals surface area contributed by atoms with E-state index in [1.807, 2.05) is 0 Å². The second-order valence-electron chi connectivity index (χ2n) is 6.85. The van der Waals surface area contributed by atoms with Gasteiger partial charge in [-0.1, -0.05) is 19.3 Å². The highest BCUT2D eigenvalue weighted by Crippen LogP contribution is 2.29. The Labute approximate surface area is 113 Å². The lowest BCUT2D eigenvalue weighted by molar-refractivity contribution is 0.174. The molecule has 18 heavy (non-hydrogen) atoms. The van der Waals surface area contributed by atoms with E-state index in [4.69, 9.17) is 5.73 Å². The van der Waals surface area contributed by atoms with Crippen molar-refractivity contribution in [3.8, 4) is 0 Å². The second-order valence-corrected chi connectivity index (χ2v) is 6.85. The smallest absolute Gasteiger partial charge is 0.000673 e. The standard InChI is InChI=1S/C16H32N2/c1-18(12-15-5-3-2-4-6-15)13-16-9-7-14(11-17)8-10-16/h14-16H,2-13,17H2,1H3. The number of hydrogen-bond donors (Lipinski definition) is 1. The van der Waals surface area contributed by atoms with Crippen LogP contribution in [0, 0.1) is 17.8 Å². The molecule has 2 N–H and O–H groups in total. The fourth-order valence-electron chi connectivity index (χ4n) is 3.98.